The van der Waals surface area contributed by atoms with Gasteiger partial charge in [-0.15, -0.1) is 0 Å². The lowest BCUT2D eigenvalue weighted by Crippen LogP contribution is -2.00. The van der Waals surface area contributed by atoms with Crippen molar-refractivity contribution in [2.24, 2.45) is 0 Å². The van der Waals surface area contributed by atoms with E-state index in [0.717, 1.165) is 24.0 Å². The molecule has 0 heterocycles. The molecule has 0 saturated carbocycles. The molecule has 0 aliphatic rings. The summed E-state index contributed by atoms with van der Waals surface area (Å²) < 4.78 is 50.1. The second-order valence-corrected chi connectivity index (χ2v) is 9.51. The SMILES string of the molecule is CCCCCCOc1ccc(CCc2ccc(-c3ccc(-c4ccc(C)cc4)c(F)c3F)cc2)c(F)c1. The average molecular weight is 503 g/mol. The average Bonchev–Trinajstić information content (AvgIpc) is 2.91. The molecule has 4 rings (SSSR count). The number of unbranched alkanes of at least 4 members (excludes halogenated alkanes) is 3. The van der Waals surface area contributed by atoms with E-state index in [1.807, 2.05) is 37.3 Å². The van der Waals surface area contributed by atoms with Crippen LogP contribution in [0, 0.1) is 24.4 Å². The zero-order valence-electron chi connectivity index (χ0n) is 21.5. The molecule has 192 valence electrons. The van der Waals surface area contributed by atoms with Crippen molar-refractivity contribution in [3.63, 3.8) is 0 Å². The number of rotatable bonds is 11. The summed E-state index contributed by atoms with van der Waals surface area (Å²) in [5.74, 6) is -1.42. The molecule has 4 aromatic rings. The van der Waals surface area contributed by atoms with E-state index in [0.29, 0.717) is 41.9 Å². The largest absolute Gasteiger partial charge is 0.493 e. The molecular formula is C33H33F3O. The molecular weight excluding hydrogens is 469 g/mol. The van der Waals surface area contributed by atoms with Crippen molar-refractivity contribution in [3.05, 3.63) is 113 Å². The fraction of sp³-hybridized carbons (Fsp3) is 0.273. The first-order valence-electron chi connectivity index (χ1n) is 13.0. The minimum Gasteiger partial charge on any atom is -0.493 e. The summed E-state index contributed by atoms with van der Waals surface area (Å²) in [7, 11) is 0. The number of benzene rings is 4. The van der Waals surface area contributed by atoms with Crippen molar-refractivity contribution in [1.29, 1.82) is 0 Å². The molecule has 4 heteroatoms. The van der Waals surface area contributed by atoms with Gasteiger partial charge in [-0.1, -0.05) is 98.5 Å². The lowest BCUT2D eigenvalue weighted by molar-refractivity contribution is 0.303. The number of halogens is 3. The van der Waals surface area contributed by atoms with E-state index >= 15 is 0 Å². The lowest BCUT2D eigenvalue weighted by atomic mass is 9.97. The summed E-state index contributed by atoms with van der Waals surface area (Å²) in [5, 5.41) is 0. The van der Waals surface area contributed by atoms with Crippen LogP contribution in [0.15, 0.2) is 78.9 Å². The second kappa shape index (κ2) is 12.6. The zero-order valence-corrected chi connectivity index (χ0v) is 21.5. The van der Waals surface area contributed by atoms with Gasteiger partial charge in [0.2, 0.25) is 0 Å². The molecule has 37 heavy (non-hydrogen) atoms. The van der Waals surface area contributed by atoms with Crippen molar-refractivity contribution >= 4 is 0 Å². The first-order chi connectivity index (χ1) is 18.0. The van der Waals surface area contributed by atoms with Crippen LogP contribution in [0.25, 0.3) is 22.3 Å². The summed E-state index contributed by atoms with van der Waals surface area (Å²) in [4.78, 5) is 0. The normalized spacial score (nSPS) is 11.1. The molecule has 0 bridgehead atoms. The maximum Gasteiger partial charge on any atom is 0.167 e. The van der Waals surface area contributed by atoms with Crippen LogP contribution in [0.3, 0.4) is 0 Å². The second-order valence-electron chi connectivity index (χ2n) is 9.51. The van der Waals surface area contributed by atoms with E-state index in [2.05, 4.69) is 6.92 Å². The van der Waals surface area contributed by atoms with Crippen molar-refractivity contribution in [1.82, 2.24) is 0 Å². The summed E-state index contributed by atoms with van der Waals surface area (Å²) >= 11 is 0. The topological polar surface area (TPSA) is 9.23 Å². The Morgan fingerprint density at radius 2 is 1.27 bits per heavy atom. The smallest absolute Gasteiger partial charge is 0.167 e. The standard InChI is InChI=1S/C33H33F3O/c1-3-4-5-6-21-37-28-18-17-27(31(34)22-28)16-11-24-9-14-26(15-10-24)30-20-19-29(32(35)33(30)36)25-12-7-23(2)8-13-25/h7-10,12-15,17-20,22H,3-6,11,16,21H2,1-2H3. The van der Waals surface area contributed by atoms with Gasteiger partial charge in [0.15, 0.2) is 11.6 Å². The summed E-state index contributed by atoms with van der Waals surface area (Å²) in [6.45, 7) is 4.71. The van der Waals surface area contributed by atoms with E-state index in [9.17, 15) is 13.2 Å². The highest BCUT2D eigenvalue weighted by atomic mass is 19.2. The van der Waals surface area contributed by atoms with E-state index < -0.39 is 11.6 Å². The van der Waals surface area contributed by atoms with Gasteiger partial charge in [-0.3, -0.25) is 0 Å². The van der Waals surface area contributed by atoms with Crippen molar-refractivity contribution in [2.45, 2.75) is 52.4 Å². The number of ether oxygens (including phenoxy) is 1. The van der Waals surface area contributed by atoms with Gasteiger partial charge in [-0.25, -0.2) is 13.2 Å². The van der Waals surface area contributed by atoms with Gasteiger partial charge in [0, 0.05) is 17.2 Å². The summed E-state index contributed by atoms with van der Waals surface area (Å²) in [6, 6.07) is 22.9. The number of aryl methyl sites for hydroxylation is 3. The van der Waals surface area contributed by atoms with E-state index in [1.165, 1.54) is 18.9 Å². The highest BCUT2D eigenvalue weighted by Gasteiger charge is 2.16. The van der Waals surface area contributed by atoms with Gasteiger partial charge in [0.25, 0.3) is 0 Å². The monoisotopic (exact) mass is 502 g/mol. The third-order valence-corrected chi connectivity index (χ3v) is 6.68. The lowest BCUT2D eigenvalue weighted by Gasteiger charge is -2.11. The summed E-state index contributed by atoms with van der Waals surface area (Å²) in [5.41, 5.74) is 4.39. The molecule has 0 N–H and O–H groups in total. The predicted molar refractivity (Wildman–Crippen MR) is 145 cm³/mol. The Morgan fingerprint density at radius 3 is 1.86 bits per heavy atom. The number of hydrogen-bond acceptors (Lipinski definition) is 1. The van der Waals surface area contributed by atoms with Crippen LogP contribution < -0.4 is 4.74 Å². The maximum absolute atomic E-state index is 15.0. The third kappa shape index (κ3) is 6.82. The Bertz CT molecular complexity index is 1310. The Labute approximate surface area is 217 Å². The molecule has 0 amide bonds. The molecule has 0 aliphatic carbocycles. The molecule has 0 atom stereocenters. The Hall–Kier alpha value is -3.53. The molecule has 0 unspecified atom stereocenters. The van der Waals surface area contributed by atoms with Crippen LogP contribution >= 0.6 is 0 Å². The third-order valence-electron chi connectivity index (χ3n) is 6.68. The van der Waals surface area contributed by atoms with Gasteiger partial charge < -0.3 is 4.74 Å². The zero-order chi connectivity index (χ0) is 26.2. The molecule has 0 fully saturated rings. The van der Waals surface area contributed by atoms with Crippen LogP contribution in [-0.2, 0) is 12.8 Å². The van der Waals surface area contributed by atoms with Crippen LogP contribution in [0.1, 0.15) is 49.3 Å². The highest BCUT2D eigenvalue weighted by Crippen LogP contribution is 2.32. The molecule has 1 nitrogen and oxygen atoms in total. The minimum atomic E-state index is -0.861. The van der Waals surface area contributed by atoms with Gasteiger partial charge in [0.05, 0.1) is 6.61 Å². The molecule has 4 aromatic carbocycles. The fourth-order valence-electron chi connectivity index (χ4n) is 4.40. The van der Waals surface area contributed by atoms with E-state index in [1.54, 1.807) is 42.5 Å². The summed E-state index contributed by atoms with van der Waals surface area (Å²) in [6.07, 6.45) is 5.62. The molecule has 0 spiro atoms. The van der Waals surface area contributed by atoms with Gasteiger partial charge >= 0.3 is 0 Å². The van der Waals surface area contributed by atoms with Crippen LogP contribution in [-0.4, -0.2) is 6.61 Å². The fourth-order valence-corrected chi connectivity index (χ4v) is 4.40. The molecule has 0 saturated heterocycles. The molecule has 0 aliphatic heterocycles. The Morgan fingerprint density at radius 1 is 0.649 bits per heavy atom. The van der Waals surface area contributed by atoms with Crippen LogP contribution in [0.2, 0.25) is 0 Å². The Balaban J connectivity index is 1.38. The first-order valence-corrected chi connectivity index (χ1v) is 13.0. The van der Waals surface area contributed by atoms with Crippen molar-refractivity contribution < 1.29 is 17.9 Å². The van der Waals surface area contributed by atoms with E-state index in [-0.39, 0.29) is 16.9 Å². The van der Waals surface area contributed by atoms with Crippen molar-refractivity contribution in [2.75, 3.05) is 6.61 Å². The van der Waals surface area contributed by atoms with Gasteiger partial charge in [-0.2, -0.15) is 0 Å². The van der Waals surface area contributed by atoms with Crippen LogP contribution in [0.4, 0.5) is 13.2 Å². The molecule has 0 aromatic heterocycles. The van der Waals surface area contributed by atoms with Crippen molar-refractivity contribution in [3.8, 4) is 28.0 Å². The van der Waals surface area contributed by atoms with Gasteiger partial charge in [-0.05, 0) is 54.5 Å². The predicted octanol–water partition coefficient (Wildman–Crippen LogP) is 9.49. The maximum atomic E-state index is 15.0. The molecule has 0 radical (unpaired) electrons. The van der Waals surface area contributed by atoms with Gasteiger partial charge in [0.1, 0.15) is 11.6 Å². The quantitative estimate of drug-likeness (QED) is 0.186. The minimum absolute atomic E-state index is 0.219. The highest BCUT2D eigenvalue weighted by molar-refractivity contribution is 5.72. The van der Waals surface area contributed by atoms with Crippen LogP contribution in [0.5, 0.6) is 5.75 Å². The number of hydrogen-bond donors (Lipinski definition) is 0. The Kier molecular flexibility index (Phi) is 9.05. The van der Waals surface area contributed by atoms with E-state index in [4.69, 9.17) is 4.74 Å². The first kappa shape index (κ1) is 26.5.